The quantitative estimate of drug-likeness (QED) is 0.932. The van der Waals surface area contributed by atoms with Gasteiger partial charge in [-0.3, -0.25) is 4.90 Å². The van der Waals surface area contributed by atoms with Gasteiger partial charge in [-0.05, 0) is 32.8 Å². The van der Waals surface area contributed by atoms with Crippen LogP contribution in [0.2, 0.25) is 0 Å². The van der Waals surface area contributed by atoms with Crippen molar-refractivity contribution in [1.82, 2.24) is 4.90 Å². The molecule has 1 heterocycles. The maximum absolute atomic E-state index is 12.5. The van der Waals surface area contributed by atoms with Crippen molar-refractivity contribution >= 4 is 6.09 Å². The average molecular weight is 307 g/mol. The molecule has 0 saturated carbocycles. The van der Waals surface area contributed by atoms with Crippen LogP contribution in [0.4, 0.5) is 4.79 Å². The Morgan fingerprint density at radius 2 is 2.00 bits per heavy atom. The second-order valence-corrected chi connectivity index (χ2v) is 6.67. The highest BCUT2D eigenvalue weighted by atomic mass is 16.6. The van der Waals surface area contributed by atoms with Crippen molar-refractivity contribution in [3.63, 3.8) is 0 Å². The molecule has 0 aliphatic carbocycles. The van der Waals surface area contributed by atoms with Crippen LogP contribution < -0.4 is 0 Å². The fourth-order valence-electron chi connectivity index (χ4n) is 2.45. The van der Waals surface area contributed by atoms with Gasteiger partial charge in [0.05, 0.1) is 25.4 Å². The first-order valence-electron chi connectivity index (χ1n) is 7.64. The molecular weight excluding hydrogens is 282 g/mol. The van der Waals surface area contributed by atoms with Crippen LogP contribution in [-0.4, -0.2) is 47.1 Å². The molecule has 5 nitrogen and oxygen atoms in total. The Bertz CT molecular complexity index is 483. The number of rotatable bonds is 3. The van der Waals surface area contributed by atoms with E-state index in [-0.39, 0.29) is 12.1 Å². The predicted molar refractivity (Wildman–Crippen MR) is 83.4 cm³/mol. The molecule has 0 bridgehead atoms. The number of carbonyl (C=O) groups excluding carboxylic acids is 1. The first-order chi connectivity index (χ1) is 10.3. The third-order valence-corrected chi connectivity index (χ3v) is 3.43. The minimum atomic E-state index is -0.555. The molecule has 1 aromatic carbocycles. The maximum atomic E-state index is 12.5. The zero-order valence-electron chi connectivity index (χ0n) is 13.5. The van der Waals surface area contributed by atoms with E-state index in [9.17, 15) is 9.90 Å². The number of aliphatic hydroxyl groups is 1. The van der Waals surface area contributed by atoms with Gasteiger partial charge in [-0.2, -0.15) is 0 Å². The van der Waals surface area contributed by atoms with Crippen molar-refractivity contribution < 1.29 is 19.4 Å². The van der Waals surface area contributed by atoms with Crippen LogP contribution in [0.15, 0.2) is 30.3 Å². The highest BCUT2D eigenvalue weighted by molar-refractivity contribution is 5.68. The zero-order chi connectivity index (χ0) is 16.2. The normalized spacial score (nSPS) is 22.2. The van der Waals surface area contributed by atoms with Crippen molar-refractivity contribution in [1.29, 1.82) is 0 Å². The third kappa shape index (κ3) is 5.00. The lowest BCUT2D eigenvalue weighted by Gasteiger charge is -2.36. The summed E-state index contributed by atoms with van der Waals surface area (Å²) in [5.74, 6) is 0. The van der Waals surface area contributed by atoms with Gasteiger partial charge in [-0.25, -0.2) is 4.79 Å². The number of hydrogen-bond donors (Lipinski definition) is 1. The van der Waals surface area contributed by atoms with Crippen LogP contribution in [0.25, 0.3) is 0 Å². The second-order valence-electron chi connectivity index (χ2n) is 6.67. The Morgan fingerprint density at radius 3 is 2.59 bits per heavy atom. The van der Waals surface area contributed by atoms with Crippen molar-refractivity contribution in [3.8, 4) is 0 Å². The lowest BCUT2D eigenvalue weighted by Crippen LogP contribution is -2.49. The third-order valence-electron chi connectivity index (χ3n) is 3.43. The van der Waals surface area contributed by atoms with Gasteiger partial charge in [0, 0.05) is 6.54 Å². The van der Waals surface area contributed by atoms with E-state index in [1.165, 1.54) is 0 Å². The minimum absolute atomic E-state index is 0.182. The number of ether oxygens (including phenoxy) is 2. The summed E-state index contributed by atoms with van der Waals surface area (Å²) in [7, 11) is 0. The van der Waals surface area contributed by atoms with Crippen molar-refractivity contribution in [2.45, 2.75) is 51.5 Å². The lowest BCUT2D eigenvalue weighted by atomic mass is 10.1. The molecule has 1 aliphatic rings. The molecular formula is C17H25NO4. The molecule has 1 aliphatic heterocycles. The molecule has 2 atom stereocenters. The van der Waals surface area contributed by atoms with Gasteiger partial charge in [-0.1, -0.05) is 30.3 Å². The van der Waals surface area contributed by atoms with E-state index in [2.05, 4.69) is 0 Å². The molecule has 2 unspecified atom stereocenters. The van der Waals surface area contributed by atoms with Crippen LogP contribution >= 0.6 is 0 Å². The van der Waals surface area contributed by atoms with Crippen LogP contribution in [0.5, 0.6) is 0 Å². The Kier molecular flexibility index (Phi) is 5.42. The smallest absolute Gasteiger partial charge is 0.410 e. The van der Waals surface area contributed by atoms with Gasteiger partial charge in [0.25, 0.3) is 0 Å². The first kappa shape index (κ1) is 16.8. The van der Waals surface area contributed by atoms with Crippen LogP contribution in [-0.2, 0) is 16.0 Å². The molecule has 0 radical (unpaired) electrons. The SMILES string of the molecule is CC(C)(C)OC(=O)N(Cc1ccccc1)C1COCC(O)C1. The molecule has 5 heteroatoms. The fraction of sp³-hybridized carbons (Fsp3) is 0.588. The van der Waals surface area contributed by atoms with E-state index in [4.69, 9.17) is 9.47 Å². The molecule has 122 valence electrons. The number of nitrogens with zero attached hydrogens (tertiary/aromatic N) is 1. The minimum Gasteiger partial charge on any atom is -0.444 e. The van der Waals surface area contributed by atoms with Gasteiger partial charge < -0.3 is 14.6 Å². The summed E-state index contributed by atoms with van der Waals surface area (Å²) in [6.07, 6.45) is -0.412. The van der Waals surface area contributed by atoms with E-state index in [0.29, 0.717) is 26.2 Å². The second kappa shape index (κ2) is 7.11. The Hall–Kier alpha value is -1.59. The zero-order valence-corrected chi connectivity index (χ0v) is 13.5. The number of aliphatic hydroxyl groups excluding tert-OH is 1. The van der Waals surface area contributed by atoms with E-state index in [1.54, 1.807) is 4.90 Å². The maximum Gasteiger partial charge on any atom is 0.410 e. The van der Waals surface area contributed by atoms with Gasteiger partial charge in [0.1, 0.15) is 5.60 Å². The highest BCUT2D eigenvalue weighted by Crippen LogP contribution is 2.20. The van der Waals surface area contributed by atoms with Crippen LogP contribution in [0.1, 0.15) is 32.8 Å². The molecule has 22 heavy (non-hydrogen) atoms. The summed E-state index contributed by atoms with van der Waals surface area (Å²) in [4.78, 5) is 14.2. The molecule has 0 spiro atoms. The Labute approximate surface area is 131 Å². The van der Waals surface area contributed by atoms with Crippen LogP contribution in [0, 0.1) is 0 Å². The summed E-state index contributed by atoms with van der Waals surface area (Å²) in [6, 6.07) is 9.58. The largest absolute Gasteiger partial charge is 0.444 e. The van der Waals surface area contributed by atoms with Gasteiger partial charge >= 0.3 is 6.09 Å². The number of benzene rings is 1. The molecule has 1 saturated heterocycles. The monoisotopic (exact) mass is 307 g/mol. The van der Waals surface area contributed by atoms with Gasteiger partial charge in [0.2, 0.25) is 0 Å². The summed E-state index contributed by atoms with van der Waals surface area (Å²) >= 11 is 0. The molecule has 1 N–H and O–H groups in total. The van der Waals surface area contributed by atoms with Gasteiger partial charge in [0.15, 0.2) is 0 Å². The van der Waals surface area contributed by atoms with Crippen molar-refractivity contribution in [2.75, 3.05) is 13.2 Å². The van der Waals surface area contributed by atoms with E-state index in [0.717, 1.165) is 5.56 Å². The number of hydrogen-bond acceptors (Lipinski definition) is 4. The summed E-state index contributed by atoms with van der Waals surface area (Å²) in [5.41, 5.74) is 0.466. The van der Waals surface area contributed by atoms with Crippen LogP contribution in [0.3, 0.4) is 0 Å². The van der Waals surface area contributed by atoms with Crippen molar-refractivity contribution in [3.05, 3.63) is 35.9 Å². The van der Waals surface area contributed by atoms with Gasteiger partial charge in [-0.15, -0.1) is 0 Å². The standard InChI is InChI=1S/C17H25NO4/c1-17(2,3)22-16(20)18(10-13-7-5-4-6-8-13)14-9-15(19)12-21-11-14/h4-8,14-15,19H,9-12H2,1-3H3. The average Bonchev–Trinajstić information content (AvgIpc) is 2.44. The molecule has 0 aromatic heterocycles. The van der Waals surface area contributed by atoms with E-state index < -0.39 is 11.7 Å². The Balaban J connectivity index is 2.14. The number of amides is 1. The lowest BCUT2D eigenvalue weighted by molar-refractivity contribution is -0.0609. The van der Waals surface area contributed by atoms with Crippen molar-refractivity contribution in [2.24, 2.45) is 0 Å². The predicted octanol–water partition coefficient (Wildman–Crippen LogP) is 2.57. The fourth-order valence-corrected chi connectivity index (χ4v) is 2.45. The Morgan fingerprint density at radius 1 is 1.32 bits per heavy atom. The molecule has 1 amide bonds. The number of carbonyl (C=O) groups is 1. The summed E-state index contributed by atoms with van der Waals surface area (Å²) < 4.78 is 10.9. The highest BCUT2D eigenvalue weighted by Gasteiger charge is 2.32. The molecule has 1 fully saturated rings. The molecule has 1 aromatic rings. The van der Waals surface area contributed by atoms with E-state index in [1.807, 2.05) is 51.1 Å². The first-order valence-corrected chi connectivity index (χ1v) is 7.64. The topological polar surface area (TPSA) is 59.0 Å². The summed E-state index contributed by atoms with van der Waals surface area (Å²) in [5, 5.41) is 9.81. The van der Waals surface area contributed by atoms with E-state index >= 15 is 0 Å². The summed E-state index contributed by atoms with van der Waals surface area (Å²) in [6.45, 7) is 6.72. The molecule has 2 rings (SSSR count).